The van der Waals surface area contributed by atoms with Crippen molar-refractivity contribution < 1.29 is 24.2 Å². The van der Waals surface area contributed by atoms with Gasteiger partial charge in [-0.25, -0.2) is 14.6 Å². The predicted molar refractivity (Wildman–Crippen MR) is 194 cm³/mol. The molecule has 262 valence electrons. The van der Waals surface area contributed by atoms with Gasteiger partial charge in [0.25, 0.3) is 0 Å². The number of nitrogens with zero attached hydrogens (tertiary/aromatic N) is 1. The Labute approximate surface area is 297 Å². The summed E-state index contributed by atoms with van der Waals surface area (Å²) in [4.78, 5) is 33.0. The van der Waals surface area contributed by atoms with Crippen molar-refractivity contribution in [2.75, 3.05) is 17.7 Å². The molecule has 3 fully saturated rings. The highest BCUT2D eigenvalue weighted by Crippen LogP contribution is 2.70. The molecule has 0 amide bonds. The van der Waals surface area contributed by atoms with Gasteiger partial charge in [0.05, 0.1) is 28.3 Å². The van der Waals surface area contributed by atoms with E-state index in [0.29, 0.717) is 25.3 Å². The Kier molecular flexibility index (Phi) is 9.07. The van der Waals surface area contributed by atoms with Crippen LogP contribution in [0.5, 0.6) is 0 Å². The molecule has 0 aromatic carbocycles. The van der Waals surface area contributed by atoms with Crippen LogP contribution in [-0.2, 0) is 25.5 Å². The Hall–Kier alpha value is -2.53. The van der Waals surface area contributed by atoms with Crippen LogP contribution in [0.25, 0.3) is 0 Å². The number of pyridine rings is 1. The summed E-state index contributed by atoms with van der Waals surface area (Å²) in [6.45, 7) is 6.75. The second-order valence-electron chi connectivity index (χ2n) is 15.5. The summed E-state index contributed by atoms with van der Waals surface area (Å²) < 4.78 is 12.6. The predicted octanol–water partition coefficient (Wildman–Crippen LogP) is 7.59. The maximum Gasteiger partial charge on any atom is 0.340 e. The molecule has 3 N–H and O–H groups in total. The van der Waals surface area contributed by atoms with Crippen molar-refractivity contribution in [3.05, 3.63) is 69.9 Å². The van der Waals surface area contributed by atoms with Crippen LogP contribution >= 0.6 is 21.6 Å². The summed E-state index contributed by atoms with van der Waals surface area (Å²) in [6, 6.07) is 4.17. The highest BCUT2D eigenvalue weighted by atomic mass is 33.1. The van der Waals surface area contributed by atoms with Crippen molar-refractivity contribution in [2.45, 2.75) is 103 Å². The number of hydrogen-bond donors (Lipinski definition) is 3. The summed E-state index contributed by atoms with van der Waals surface area (Å²) in [5.41, 5.74) is 4.45. The smallest absolute Gasteiger partial charge is 0.340 e. The fourth-order valence-electron chi connectivity index (χ4n) is 10.3. The molecule has 9 rings (SSSR count). The lowest BCUT2D eigenvalue weighted by Crippen LogP contribution is -2.52. The first-order valence-corrected chi connectivity index (χ1v) is 20.8. The van der Waals surface area contributed by atoms with Crippen molar-refractivity contribution >= 4 is 39.3 Å². The van der Waals surface area contributed by atoms with Crippen LogP contribution in [0.4, 0.5) is 5.82 Å². The van der Waals surface area contributed by atoms with Gasteiger partial charge in [-0.2, -0.15) is 0 Å². The number of cyclic esters (lactones) is 1. The minimum Gasteiger partial charge on any atom is -0.427 e. The number of aromatic nitrogens is 1. The van der Waals surface area contributed by atoms with Crippen LogP contribution in [0.3, 0.4) is 0 Å². The first kappa shape index (κ1) is 33.6. The number of ether oxygens (including phenoxy) is 2. The third-order valence-corrected chi connectivity index (χ3v) is 15.3. The summed E-state index contributed by atoms with van der Waals surface area (Å²) in [5, 5.41) is 17.2. The van der Waals surface area contributed by atoms with Gasteiger partial charge in [-0.05, 0) is 118 Å². The van der Waals surface area contributed by atoms with Crippen LogP contribution in [0, 0.1) is 34.5 Å². The molecule has 7 atom stereocenters. The van der Waals surface area contributed by atoms with Crippen LogP contribution < -0.4 is 10.6 Å². The molecule has 1 saturated heterocycles. The number of rotatable bonds is 5. The Bertz CT molecular complexity index is 1660. The fourth-order valence-corrected chi connectivity index (χ4v) is 12.8. The van der Waals surface area contributed by atoms with Gasteiger partial charge in [0.2, 0.25) is 0 Å². The molecule has 0 unspecified atom stereocenters. The maximum absolute atomic E-state index is 14.2. The first-order chi connectivity index (χ1) is 23.7. The molecule has 1 spiro atoms. The van der Waals surface area contributed by atoms with E-state index in [1.54, 1.807) is 28.5 Å². The Morgan fingerprint density at radius 2 is 2.02 bits per heavy atom. The fraction of sp³-hybridized carbons (Fsp3) is 0.615. The number of aliphatic hydroxyl groups excluding tert-OH is 1. The van der Waals surface area contributed by atoms with Crippen molar-refractivity contribution in [1.29, 1.82) is 0 Å². The van der Waals surface area contributed by atoms with Crippen molar-refractivity contribution in [1.82, 2.24) is 10.3 Å². The highest BCUT2D eigenvalue weighted by Gasteiger charge is 2.68. The van der Waals surface area contributed by atoms with Gasteiger partial charge in [0.15, 0.2) is 0 Å². The quantitative estimate of drug-likeness (QED) is 0.210. The largest absolute Gasteiger partial charge is 0.427 e. The van der Waals surface area contributed by atoms with E-state index in [9.17, 15) is 14.7 Å². The van der Waals surface area contributed by atoms with Crippen LogP contribution in [0.2, 0.25) is 0 Å². The number of aliphatic hydroxyl groups is 1. The Morgan fingerprint density at radius 3 is 2.82 bits per heavy atom. The van der Waals surface area contributed by atoms with E-state index in [0.717, 1.165) is 84.6 Å². The molecule has 2 saturated carbocycles. The highest BCUT2D eigenvalue weighted by molar-refractivity contribution is 8.76. The van der Waals surface area contributed by atoms with Crippen LogP contribution in [0.15, 0.2) is 64.3 Å². The normalized spacial score (nSPS) is 36.1. The van der Waals surface area contributed by atoms with E-state index in [4.69, 9.17) is 9.47 Å². The summed E-state index contributed by atoms with van der Waals surface area (Å²) in [7, 11) is 3.48. The molecule has 1 aromatic rings. The number of hydrogen-bond acceptors (Lipinski definition) is 10. The lowest BCUT2D eigenvalue weighted by atomic mass is 9.44. The molecule has 49 heavy (non-hydrogen) atoms. The number of carbonyl (C=O) groups excluding carboxylic acids is 2. The summed E-state index contributed by atoms with van der Waals surface area (Å²) in [5.74, 6) is 3.09. The second kappa shape index (κ2) is 13.2. The number of esters is 2. The van der Waals surface area contributed by atoms with Crippen molar-refractivity contribution in [3.8, 4) is 0 Å². The molecule has 4 heterocycles. The van der Waals surface area contributed by atoms with E-state index in [-0.39, 0.29) is 46.4 Å². The Morgan fingerprint density at radius 1 is 1.18 bits per heavy atom. The van der Waals surface area contributed by atoms with E-state index in [1.807, 2.05) is 6.20 Å². The molecule has 10 heteroatoms. The van der Waals surface area contributed by atoms with Crippen molar-refractivity contribution in [3.63, 3.8) is 0 Å². The zero-order valence-corrected chi connectivity index (χ0v) is 30.5. The number of anilines is 1. The van der Waals surface area contributed by atoms with Gasteiger partial charge in [0, 0.05) is 29.8 Å². The number of carbonyl (C=O) groups is 2. The third kappa shape index (κ3) is 5.73. The SMILES string of the molecule is CCC1(/C=C2\OC(=O)C3=C2CC[C@H]2[C@@H]4CC[C@@]5(C6=C4Cc4ccnc(c4)NCSS[C@@H](NC[C@H](C)O)[C@@H](C)C/C=C\5OC6=O)[C@@H]32)CCCC1. The standard InChI is InChI=1S/C39H49N3O5S2/c1-4-38(13-5-6-14-38)19-29-27-9-8-26-25-11-15-39(33(26)32(27)36(44)46-29)30-10-7-22(2)35(41-20-23(3)43)49-48-21-42-31-18-24(12-16-40-31)17-28(25)34(39)37(45)47-30/h10,12,16,18-19,22-23,25-26,33,35,41,43H,4-9,11,13-15,17,20-21H2,1-3H3,(H,40,42)/b29-19-,30-10+/t22-,23-,25-,26-,33+,35+,39-/m0/s1. The first-order valence-electron chi connectivity index (χ1n) is 18.5. The molecule has 8 nitrogen and oxygen atoms in total. The van der Waals surface area contributed by atoms with E-state index >= 15 is 0 Å². The van der Waals surface area contributed by atoms with E-state index in [2.05, 4.69) is 53.7 Å². The third-order valence-electron chi connectivity index (χ3n) is 12.7. The van der Waals surface area contributed by atoms with Gasteiger partial charge in [0.1, 0.15) is 17.3 Å². The lowest BCUT2D eigenvalue weighted by Gasteiger charge is -2.56. The lowest BCUT2D eigenvalue weighted by molar-refractivity contribution is -0.135. The average Bonchev–Trinajstić information content (AvgIpc) is 3.78. The topological polar surface area (TPSA) is 110 Å². The zero-order valence-electron chi connectivity index (χ0n) is 28.9. The van der Waals surface area contributed by atoms with Crippen LogP contribution in [0.1, 0.15) is 90.5 Å². The zero-order chi connectivity index (χ0) is 33.9. The number of fused-ring (bicyclic) bond motifs is 3. The minimum atomic E-state index is -0.674. The van der Waals surface area contributed by atoms with E-state index in [1.165, 1.54) is 18.4 Å². The average molecular weight is 704 g/mol. The van der Waals surface area contributed by atoms with Gasteiger partial charge in [-0.15, -0.1) is 0 Å². The molecule has 0 radical (unpaired) electrons. The van der Waals surface area contributed by atoms with Gasteiger partial charge < -0.3 is 25.2 Å². The number of allylic oxidation sites excluding steroid dienone is 5. The van der Waals surface area contributed by atoms with Crippen molar-refractivity contribution in [2.24, 2.45) is 34.5 Å². The molecule has 3 aliphatic heterocycles. The molecule has 5 aliphatic carbocycles. The van der Waals surface area contributed by atoms with Gasteiger partial charge >= 0.3 is 11.9 Å². The Balaban J connectivity index is 1.26. The maximum atomic E-state index is 14.2. The monoisotopic (exact) mass is 703 g/mol. The molecule has 7 bridgehead atoms. The van der Waals surface area contributed by atoms with Gasteiger partial charge in [-0.3, -0.25) is 0 Å². The summed E-state index contributed by atoms with van der Waals surface area (Å²) >= 11 is 0. The number of nitrogens with one attached hydrogen (secondary N) is 2. The molecule has 8 aliphatic rings. The molecular weight excluding hydrogens is 655 g/mol. The second-order valence-corrected chi connectivity index (χ2v) is 18.0. The van der Waals surface area contributed by atoms with Crippen LogP contribution in [-0.4, -0.2) is 45.9 Å². The van der Waals surface area contributed by atoms with E-state index < -0.39 is 11.5 Å². The molecule has 1 aromatic heterocycles. The van der Waals surface area contributed by atoms with Gasteiger partial charge in [-0.1, -0.05) is 53.9 Å². The minimum absolute atomic E-state index is 0.0587. The molecular formula is C39H49N3O5S2. The summed E-state index contributed by atoms with van der Waals surface area (Å²) in [6.07, 6.45) is 16.6.